The highest BCUT2D eigenvalue weighted by atomic mass is 15.3. The molecule has 1 aliphatic rings. The summed E-state index contributed by atoms with van der Waals surface area (Å²) in [5.41, 5.74) is 4.14. The monoisotopic (exact) mass is 147 g/mol. The summed E-state index contributed by atoms with van der Waals surface area (Å²) in [6, 6.07) is 4.01. The van der Waals surface area contributed by atoms with Gasteiger partial charge in [-0.15, -0.1) is 0 Å². The summed E-state index contributed by atoms with van der Waals surface area (Å²) in [5, 5.41) is 3.94. The second kappa shape index (κ2) is 2.70. The summed E-state index contributed by atoms with van der Waals surface area (Å²) >= 11 is 0. The lowest BCUT2D eigenvalue weighted by Crippen LogP contribution is -2.08. The van der Waals surface area contributed by atoms with Gasteiger partial charge in [0.05, 0.1) is 0 Å². The summed E-state index contributed by atoms with van der Waals surface area (Å²) in [5.74, 6) is 0.406. The van der Waals surface area contributed by atoms with Gasteiger partial charge in [0.2, 0.25) is 0 Å². The van der Waals surface area contributed by atoms with E-state index in [4.69, 9.17) is 0 Å². The van der Waals surface area contributed by atoms with E-state index in [0.717, 1.165) is 6.54 Å². The van der Waals surface area contributed by atoms with Gasteiger partial charge in [-0.25, -0.2) is 0 Å². The summed E-state index contributed by atoms with van der Waals surface area (Å²) < 4.78 is 0. The lowest BCUT2D eigenvalue weighted by molar-refractivity contribution is 0.762. The third kappa shape index (κ3) is 1.22. The number of hydrogen-bond acceptors (Lipinski definition) is 3. The highest BCUT2D eigenvalue weighted by Gasteiger charge is 2.11. The molecular weight excluding hydrogens is 138 g/mol. The molecule has 3 heteroatoms. The second-order valence-electron chi connectivity index (χ2n) is 2.53. The lowest BCUT2D eigenvalue weighted by atomic mass is 10.0. The SMILES string of the molecule is C1=NNCC1c1cccnc1. The number of aromatic nitrogens is 1. The summed E-state index contributed by atoms with van der Waals surface area (Å²) in [7, 11) is 0. The predicted octanol–water partition coefficient (Wildman–Crippen LogP) is 0.754. The highest BCUT2D eigenvalue weighted by Crippen LogP contribution is 2.13. The number of hydrazone groups is 1. The maximum absolute atomic E-state index is 4.04. The van der Waals surface area contributed by atoms with E-state index in [1.807, 2.05) is 18.5 Å². The molecule has 1 atom stereocenters. The van der Waals surface area contributed by atoms with Crippen molar-refractivity contribution < 1.29 is 0 Å². The molecule has 0 saturated carbocycles. The van der Waals surface area contributed by atoms with Gasteiger partial charge in [0.25, 0.3) is 0 Å². The largest absolute Gasteiger partial charge is 0.309 e. The first-order chi connectivity index (χ1) is 5.47. The van der Waals surface area contributed by atoms with Gasteiger partial charge in [-0.1, -0.05) is 6.07 Å². The zero-order valence-corrected chi connectivity index (χ0v) is 6.07. The van der Waals surface area contributed by atoms with Gasteiger partial charge >= 0.3 is 0 Å². The molecule has 11 heavy (non-hydrogen) atoms. The van der Waals surface area contributed by atoms with Gasteiger partial charge in [-0.05, 0) is 11.6 Å². The molecule has 56 valence electrons. The molecule has 2 rings (SSSR count). The van der Waals surface area contributed by atoms with E-state index in [1.54, 1.807) is 6.20 Å². The van der Waals surface area contributed by atoms with Crippen molar-refractivity contribution in [1.29, 1.82) is 0 Å². The fourth-order valence-corrected chi connectivity index (χ4v) is 1.15. The lowest BCUT2D eigenvalue weighted by Gasteiger charge is -2.03. The van der Waals surface area contributed by atoms with Gasteiger partial charge in [-0.3, -0.25) is 4.98 Å². The van der Waals surface area contributed by atoms with E-state index in [1.165, 1.54) is 5.56 Å². The van der Waals surface area contributed by atoms with Crippen LogP contribution in [-0.2, 0) is 0 Å². The fourth-order valence-electron chi connectivity index (χ4n) is 1.15. The van der Waals surface area contributed by atoms with Crippen LogP contribution in [0.25, 0.3) is 0 Å². The van der Waals surface area contributed by atoms with Crippen molar-refractivity contribution in [3.8, 4) is 0 Å². The molecule has 0 aliphatic carbocycles. The van der Waals surface area contributed by atoms with Gasteiger partial charge in [0.15, 0.2) is 0 Å². The predicted molar refractivity (Wildman–Crippen MR) is 43.5 cm³/mol. The third-order valence-corrected chi connectivity index (χ3v) is 1.77. The minimum atomic E-state index is 0.406. The average Bonchev–Trinajstić information content (AvgIpc) is 2.58. The van der Waals surface area contributed by atoms with Crippen molar-refractivity contribution in [3.63, 3.8) is 0 Å². The quantitative estimate of drug-likeness (QED) is 0.636. The standard InChI is InChI=1S/C8H9N3/c1-2-7(4-9-3-1)8-5-10-11-6-8/h1-5,8,11H,6H2. The van der Waals surface area contributed by atoms with Crippen LogP contribution in [0, 0.1) is 0 Å². The molecule has 0 bridgehead atoms. The van der Waals surface area contributed by atoms with Crippen LogP contribution in [0.15, 0.2) is 29.6 Å². The van der Waals surface area contributed by atoms with E-state index < -0.39 is 0 Å². The van der Waals surface area contributed by atoms with Crippen LogP contribution >= 0.6 is 0 Å². The minimum absolute atomic E-state index is 0.406. The van der Waals surface area contributed by atoms with Crippen LogP contribution in [0.1, 0.15) is 11.5 Å². The third-order valence-electron chi connectivity index (χ3n) is 1.77. The molecule has 0 amide bonds. The van der Waals surface area contributed by atoms with Crippen molar-refractivity contribution in [2.75, 3.05) is 6.54 Å². The number of nitrogens with one attached hydrogen (secondary N) is 1. The van der Waals surface area contributed by atoms with Gasteiger partial charge < -0.3 is 5.43 Å². The first kappa shape index (κ1) is 6.34. The molecule has 0 fully saturated rings. The Morgan fingerprint density at radius 2 is 2.55 bits per heavy atom. The Morgan fingerprint density at radius 1 is 1.55 bits per heavy atom. The number of hydrogen-bond donors (Lipinski definition) is 1. The molecule has 1 N–H and O–H groups in total. The summed E-state index contributed by atoms with van der Waals surface area (Å²) in [6.45, 7) is 0.895. The van der Waals surface area contributed by atoms with Crippen LogP contribution in [0.5, 0.6) is 0 Å². The average molecular weight is 147 g/mol. The maximum Gasteiger partial charge on any atom is 0.0449 e. The van der Waals surface area contributed by atoms with E-state index in [0.29, 0.717) is 5.92 Å². The molecule has 0 aromatic carbocycles. The highest BCUT2D eigenvalue weighted by molar-refractivity contribution is 5.69. The van der Waals surface area contributed by atoms with E-state index in [-0.39, 0.29) is 0 Å². The Morgan fingerprint density at radius 3 is 3.18 bits per heavy atom. The fraction of sp³-hybridized carbons (Fsp3) is 0.250. The second-order valence-corrected chi connectivity index (χ2v) is 2.53. The zero-order chi connectivity index (χ0) is 7.52. The van der Waals surface area contributed by atoms with Crippen LogP contribution in [-0.4, -0.2) is 17.7 Å². The molecule has 3 nitrogen and oxygen atoms in total. The Kier molecular flexibility index (Phi) is 1.55. The van der Waals surface area contributed by atoms with Gasteiger partial charge in [-0.2, -0.15) is 5.10 Å². The molecule has 0 spiro atoms. The number of pyridine rings is 1. The maximum atomic E-state index is 4.04. The molecule has 1 aliphatic heterocycles. The minimum Gasteiger partial charge on any atom is -0.309 e. The first-order valence-electron chi connectivity index (χ1n) is 3.63. The topological polar surface area (TPSA) is 37.3 Å². The molecule has 0 saturated heterocycles. The van der Waals surface area contributed by atoms with Crippen LogP contribution < -0.4 is 5.43 Å². The van der Waals surface area contributed by atoms with Gasteiger partial charge in [0.1, 0.15) is 0 Å². The van der Waals surface area contributed by atoms with Crippen LogP contribution in [0.3, 0.4) is 0 Å². The normalized spacial score (nSPS) is 21.6. The van der Waals surface area contributed by atoms with Crippen molar-refractivity contribution in [3.05, 3.63) is 30.1 Å². The van der Waals surface area contributed by atoms with Crippen molar-refractivity contribution >= 4 is 6.21 Å². The Balaban J connectivity index is 2.23. The Hall–Kier alpha value is -1.38. The Bertz CT molecular complexity index is 255. The molecule has 1 aromatic rings. The molecular formula is C8H9N3. The first-order valence-corrected chi connectivity index (χ1v) is 3.63. The molecule has 1 aromatic heterocycles. The van der Waals surface area contributed by atoms with E-state index in [2.05, 4.69) is 21.6 Å². The summed E-state index contributed by atoms with van der Waals surface area (Å²) in [6.07, 6.45) is 5.57. The van der Waals surface area contributed by atoms with Crippen LogP contribution in [0.2, 0.25) is 0 Å². The van der Waals surface area contributed by atoms with Crippen molar-refractivity contribution in [2.45, 2.75) is 5.92 Å². The Labute approximate surface area is 65.2 Å². The number of rotatable bonds is 1. The number of nitrogens with zero attached hydrogens (tertiary/aromatic N) is 2. The van der Waals surface area contributed by atoms with E-state index in [9.17, 15) is 0 Å². The van der Waals surface area contributed by atoms with Crippen molar-refractivity contribution in [1.82, 2.24) is 10.4 Å². The smallest absolute Gasteiger partial charge is 0.0449 e. The van der Waals surface area contributed by atoms with E-state index >= 15 is 0 Å². The van der Waals surface area contributed by atoms with Gasteiger partial charge in [0, 0.05) is 31.1 Å². The zero-order valence-electron chi connectivity index (χ0n) is 6.07. The van der Waals surface area contributed by atoms with Crippen molar-refractivity contribution in [2.24, 2.45) is 5.10 Å². The molecule has 0 radical (unpaired) electrons. The summed E-state index contributed by atoms with van der Waals surface area (Å²) in [4.78, 5) is 4.04. The molecule has 1 unspecified atom stereocenters. The van der Waals surface area contributed by atoms with Crippen LogP contribution in [0.4, 0.5) is 0 Å². The molecule has 2 heterocycles.